The second kappa shape index (κ2) is 15.2. The minimum absolute atomic E-state index is 0.123. The first-order chi connectivity index (χ1) is 16.6. The van der Waals surface area contributed by atoms with Crippen LogP contribution in [0.4, 0.5) is 0 Å². The van der Waals surface area contributed by atoms with Crippen LogP contribution in [0, 0.1) is 11.8 Å². The number of hydrogen-bond acceptors (Lipinski definition) is 7. The number of carbonyl (C=O) groups excluding carboxylic acids is 2. The SMILES string of the molecule is CCOC(=O)c1csc([C@@H](C[C@@H](NC(=O)[C@@H](N=[N+]=[N-])C(C)C)C(C)CC)O[Si](CC)(CC)CC)n1. The molecule has 1 amide bonds. The smallest absolute Gasteiger partial charge is 0.357 e. The molecule has 0 saturated heterocycles. The number of nitrogens with one attached hydrogen (secondary N) is 1. The first-order valence-electron chi connectivity index (χ1n) is 12.8. The third-order valence-electron chi connectivity index (χ3n) is 6.81. The first kappa shape index (κ1) is 31.1. The lowest BCUT2D eigenvalue weighted by Crippen LogP contribution is -2.47. The molecule has 0 bridgehead atoms. The van der Waals surface area contributed by atoms with Gasteiger partial charge in [0.05, 0.1) is 12.7 Å². The van der Waals surface area contributed by atoms with Crippen molar-refractivity contribution in [2.75, 3.05) is 6.61 Å². The number of ether oxygens (including phenoxy) is 1. The molecule has 1 N–H and O–H groups in total. The Labute approximate surface area is 215 Å². The topological polar surface area (TPSA) is 126 Å². The normalized spacial score (nSPS) is 15.1. The van der Waals surface area contributed by atoms with Crippen LogP contribution in [0.25, 0.3) is 10.4 Å². The molecule has 0 aliphatic carbocycles. The zero-order valence-electron chi connectivity index (χ0n) is 22.5. The van der Waals surface area contributed by atoms with Gasteiger partial charge in [-0.2, -0.15) is 0 Å². The standard InChI is InChI=1S/C24H43N5O4SSi/c1-9-17(8)18(26-22(30)21(16(6)7)28-29-25)14-20(33-35(11-3,12-4)13-5)23-27-19(15-34-23)24(31)32-10-2/h15-18,20-21H,9-14H2,1-8H3,(H,26,30)/t17?,18-,20-,21+/m1/s1. The van der Waals surface area contributed by atoms with E-state index in [9.17, 15) is 9.59 Å². The number of hydrogen-bond donors (Lipinski definition) is 1. The van der Waals surface area contributed by atoms with Crippen LogP contribution in [0.5, 0.6) is 0 Å². The van der Waals surface area contributed by atoms with Crippen molar-refractivity contribution in [3.05, 3.63) is 26.5 Å². The molecule has 0 fully saturated rings. The maximum absolute atomic E-state index is 13.1. The summed E-state index contributed by atoms with van der Waals surface area (Å²) in [6, 6.07) is 1.93. The molecule has 0 aliphatic heterocycles. The average molecular weight is 526 g/mol. The van der Waals surface area contributed by atoms with Gasteiger partial charge < -0.3 is 14.5 Å². The van der Waals surface area contributed by atoms with E-state index in [0.29, 0.717) is 6.42 Å². The van der Waals surface area contributed by atoms with E-state index in [2.05, 4.69) is 54.9 Å². The largest absolute Gasteiger partial charge is 0.461 e. The van der Waals surface area contributed by atoms with Crippen molar-refractivity contribution >= 4 is 31.5 Å². The van der Waals surface area contributed by atoms with Crippen molar-refractivity contribution in [1.82, 2.24) is 10.3 Å². The Bertz CT molecular complexity index is 846. The van der Waals surface area contributed by atoms with Gasteiger partial charge in [-0.1, -0.05) is 60.0 Å². The van der Waals surface area contributed by atoms with E-state index < -0.39 is 20.3 Å². The fourth-order valence-corrected chi connectivity index (χ4v) is 7.72. The van der Waals surface area contributed by atoms with Crippen LogP contribution in [-0.4, -0.2) is 43.9 Å². The Morgan fingerprint density at radius 3 is 2.29 bits per heavy atom. The lowest BCUT2D eigenvalue weighted by Gasteiger charge is -2.35. The van der Waals surface area contributed by atoms with E-state index in [1.807, 2.05) is 13.8 Å². The Morgan fingerprint density at radius 1 is 1.17 bits per heavy atom. The summed E-state index contributed by atoms with van der Waals surface area (Å²) in [7, 11) is -2.03. The second-order valence-corrected chi connectivity index (χ2v) is 14.9. The highest BCUT2D eigenvalue weighted by Crippen LogP contribution is 2.35. The molecule has 4 atom stereocenters. The predicted molar refractivity (Wildman–Crippen MR) is 143 cm³/mol. The number of amides is 1. The van der Waals surface area contributed by atoms with Gasteiger partial charge in [0.2, 0.25) is 5.91 Å². The molecule has 35 heavy (non-hydrogen) atoms. The van der Waals surface area contributed by atoms with Crippen LogP contribution in [0.3, 0.4) is 0 Å². The Hall–Kier alpha value is -1.94. The number of thiazole rings is 1. The number of aromatic nitrogens is 1. The molecular weight excluding hydrogens is 482 g/mol. The molecule has 0 spiro atoms. The van der Waals surface area contributed by atoms with Crippen LogP contribution < -0.4 is 5.32 Å². The van der Waals surface area contributed by atoms with E-state index in [-0.39, 0.29) is 42.2 Å². The monoisotopic (exact) mass is 525 g/mol. The summed E-state index contributed by atoms with van der Waals surface area (Å²) in [5.41, 5.74) is 9.21. The highest BCUT2D eigenvalue weighted by Gasteiger charge is 2.36. The van der Waals surface area contributed by atoms with Crippen molar-refractivity contribution in [2.45, 2.75) is 105 Å². The van der Waals surface area contributed by atoms with Crippen LogP contribution in [-0.2, 0) is 14.0 Å². The number of esters is 1. The van der Waals surface area contributed by atoms with Gasteiger partial charge in [-0.05, 0) is 48.8 Å². The summed E-state index contributed by atoms with van der Waals surface area (Å²) >= 11 is 1.39. The first-order valence-corrected chi connectivity index (χ1v) is 16.2. The average Bonchev–Trinajstić information content (AvgIpc) is 3.34. The van der Waals surface area contributed by atoms with Crippen LogP contribution in [0.2, 0.25) is 18.1 Å². The molecule has 0 saturated carbocycles. The van der Waals surface area contributed by atoms with Gasteiger partial charge in [0, 0.05) is 16.3 Å². The van der Waals surface area contributed by atoms with Crippen molar-refractivity contribution < 1.29 is 18.8 Å². The van der Waals surface area contributed by atoms with E-state index >= 15 is 0 Å². The Balaban J connectivity index is 3.36. The van der Waals surface area contributed by atoms with Crippen molar-refractivity contribution in [3.8, 4) is 0 Å². The molecule has 0 aromatic carbocycles. The lowest BCUT2D eigenvalue weighted by atomic mass is 9.93. The molecule has 1 rings (SSSR count). The summed E-state index contributed by atoms with van der Waals surface area (Å²) in [4.78, 5) is 32.8. The Kier molecular flexibility index (Phi) is 13.5. The third-order valence-corrected chi connectivity index (χ3v) is 12.4. The minimum Gasteiger partial charge on any atom is -0.461 e. The molecule has 1 heterocycles. The molecule has 1 aromatic rings. The summed E-state index contributed by atoms with van der Waals surface area (Å²) in [5, 5.41) is 9.29. The molecule has 1 unspecified atom stereocenters. The van der Waals surface area contributed by atoms with Gasteiger partial charge in [0.25, 0.3) is 0 Å². The van der Waals surface area contributed by atoms with E-state index in [1.165, 1.54) is 11.3 Å². The molecular formula is C24H43N5O4SSi. The van der Waals surface area contributed by atoms with Gasteiger partial charge in [-0.25, -0.2) is 9.78 Å². The van der Waals surface area contributed by atoms with E-state index in [4.69, 9.17) is 14.7 Å². The molecule has 0 radical (unpaired) electrons. The number of azide groups is 1. The summed E-state index contributed by atoms with van der Waals surface area (Å²) in [6.07, 6.45) is 1.02. The maximum Gasteiger partial charge on any atom is 0.357 e. The van der Waals surface area contributed by atoms with Crippen LogP contribution in [0.1, 0.15) is 89.8 Å². The lowest BCUT2D eigenvalue weighted by molar-refractivity contribution is -0.124. The third kappa shape index (κ3) is 8.90. The van der Waals surface area contributed by atoms with Gasteiger partial charge in [-0.15, -0.1) is 11.3 Å². The molecule has 11 heteroatoms. The second-order valence-electron chi connectivity index (χ2n) is 9.27. The van der Waals surface area contributed by atoms with Gasteiger partial charge in [0.15, 0.2) is 14.0 Å². The highest BCUT2D eigenvalue weighted by molar-refractivity contribution is 7.09. The summed E-state index contributed by atoms with van der Waals surface area (Å²) in [6.45, 7) is 16.5. The maximum atomic E-state index is 13.1. The molecule has 9 nitrogen and oxygen atoms in total. The zero-order chi connectivity index (χ0) is 26.6. The Morgan fingerprint density at radius 2 is 1.80 bits per heavy atom. The fraction of sp³-hybridized carbons (Fsp3) is 0.792. The predicted octanol–water partition coefficient (Wildman–Crippen LogP) is 6.64. The van der Waals surface area contributed by atoms with Gasteiger partial charge in [-0.3, -0.25) is 4.79 Å². The van der Waals surface area contributed by atoms with Crippen LogP contribution in [0.15, 0.2) is 10.5 Å². The van der Waals surface area contributed by atoms with Crippen molar-refractivity contribution in [3.63, 3.8) is 0 Å². The van der Waals surface area contributed by atoms with Gasteiger partial charge >= 0.3 is 5.97 Å². The number of nitrogens with zero attached hydrogens (tertiary/aromatic N) is 4. The molecule has 1 aromatic heterocycles. The van der Waals surface area contributed by atoms with E-state index in [0.717, 1.165) is 29.6 Å². The molecule has 198 valence electrons. The quantitative estimate of drug-likeness (QED) is 0.0851. The minimum atomic E-state index is -2.03. The number of carbonyl (C=O) groups is 2. The van der Waals surface area contributed by atoms with Crippen molar-refractivity contribution in [2.24, 2.45) is 17.0 Å². The van der Waals surface area contributed by atoms with Crippen LogP contribution >= 0.6 is 11.3 Å². The van der Waals surface area contributed by atoms with E-state index in [1.54, 1.807) is 12.3 Å². The highest BCUT2D eigenvalue weighted by atomic mass is 32.1. The zero-order valence-corrected chi connectivity index (χ0v) is 24.4. The fourth-order valence-electron chi connectivity index (χ4n) is 4.00. The summed E-state index contributed by atoms with van der Waals surface area (Å²) < 4.78 is 12.0. The van der Waals surface area contributed by atoms with Gasteiger partial charge in [0.1, 0.15) is 11.0 Å². The van der Waals surface area contributed by atoms with Crippen molar-refractivity contribution in [1.29, 1.82) is 0 Å². The molecule has 0 aliphatic rings. The number of rotatable bonds is 16. The summed E-state index contributed by atoms with van der Waals surface area (Å²) in [5.74, 6) is -0.686.